The molecular formula is C25H19Cl2N3O2. The van der Waals surface area contributed by atoms with Crippen molar-refractivity contribution in [3.05, 3.63) is 103 Å². The smallest absolute Gasteiger partial charge is 0.299 e. The molecular weight excluding hydrogens is 445 g/mol. The zero-order valence-electron chi connectivity index (χ0n) is 16.8. The number of aromatic nitrogens is 2. The highest BCUT2D eigenvalue weighted by molar-refractivity contribution is 6.52. The molecule has 1 aliphatic heterocycles. The molecule has 4 aromatic rings. The van der Waals surface area contributed by atoms with Gasteiger partial charge in [-0.1, -0.05) is 42.5 Å². The summed E-state index contributed by atoms with van der Waals surface area (Å²) in [5.41, 5.74) is 5.90. The normalized spacial score (nSPS) is 12.1. The first-order chi connectivity index (χ1) is 14.7. The van der Waals surface area contributed by atoms with Crippen molar-refractivity contribution in [2.45, 2.75) is 6.54 Å². The van der Waals surface area contributed by atoms with Gasteiger partial charge in [-0.3, -0.25) is 19.6 Å². The Morgan fingerprint density at radius 1 is 0.688 bits per heavy atom. The summed E-state index contributed by atoms with van der Waals surface area (Å²) in [4.78, 5) is 35.1. The molecule has 1 aliphatic rings. The van der Waals surface area contributed by atoms with Crippen molar-refractivity contribution >= 4 is 42.2 Å². The highest BCUT2D eigenvalue weighted by atomic mass is 35.5. The predicted octanol–water partition coefficient (Wildman–Crippen LogP) is 5.38. The first-order valence-electron chi connectivity index (χ1n) is 9.61. The number of halogens is 2. The second kappa shape index (κ2) is 9.73. The molecule has 2 aromatic heterocycles. The van der Waals surface area contributed by atoms with Gasteiger partial charge in [0.15, 0.2) is 0 Å². The maximum absolute atomic E-state index is 12.7. The van der Waals surface area contributed by atoms with Crippen molar-refractivity contribution in [2.75, 3.05) is 4.90 Å². The minimum atomic E-state index is -0.496. The molecule has 5 rings (SSSR count). The molecule has 0 unspecified atom stereocenters. The third-order valence-corrected chi connectivity index (χ3v) is 5.26. The van der Waals surface area contributed by atoms with E-state index in [0.717, 1.165) is 27.8 Å². The van der Waals surface area contributed by atoms with Gasteiger partial charge in [0.25, 0.3) is 11.7 Å². The van der Waals surface area contributed by atoms with Gasteiger partial charge in [-0.2, -0.15) is 0 Å². The zero-order valence-corrected chi connectivity index (χ0v) is 18.5. The van der Waals surface area contributed by atoms with Crippen molar-refractivity contribution in [1.29, 1.82) is 0 Å². The topological polar surface area (TPSA) is 63.2 Å². The van der Waals surface area contributed by atoms with E-state index in [1.807, 2.05) is 66.9 Å². The van der Waals surface area contributed by atoms with Gasteiger partial charge in [0, 0.05) is 30.4 Å². The van der Waals surface area contributed by atoms with Crippen molar-refractivity contribution in [2.24, 2.45) is 0 Å². The fraction of sp³-hybridized carbons (Fsp3) is 0.0400. The largest absolute Gasteiger partial charge is 0.300 e. The molecule has 0 atom stereocenters. The van der Waals surface area contributed by atoms with Gasteiger partial charge in [0.1, 0.15) is 0 Å². The summed E-state index contributed by atoms with van der Waals surface area (Å²) in [6.45, 7) is 0.344. The van der Waals surface area contributed by atoms with Crippen molar-refractivity contribution in [3.8, 4) is 22.3 Å². The van der Waals surface area contributed by atoms with Crippen LogP contribution in [0.1, 0.15) is 15.9 Å². The molecule has 0 N–H and O–H groups in total. The number of anilines is 1. The molecule has 0 saturated heterocycles. The van der Waals surface area contributed by atoms with Crippen LogP contribution in [0.3, 0.4) is 0 Å². The lowest BCUT2D eigenvalue weighted by molar-refractivity contribution is -0.114. The number of rotatable bonds is 4. The first kappa shape index (κ1) is 23.1. The van der Waals surface area contributed by atoms with Crippen LogP contribution >= 0.6 is 24.8 Å². The number of hydrogen-bond donors (Lipinski definition) is 0. The molecule has 2 aromatic carbocycles. The molecule has 1 amide bonds. The second-order valence-electron chi connectivity index (χ2n) is 7.13. The molecule has 0 bridgehead atoms. The summed E-state index contributed by atoms with van der Waals surface area (Å²) in [7, 11) is 0. The fourth-order valence-electron chi connectivity index (χ4n) is 3.69. The van der Waals surface area contributed by atoms with Gasteiger partial charge >= 0.3 is 0 Å². The van der Waals surface area contributed by atoms with Crippen LogP contribution in [0.5, 0.6) is 0 Å². The lowest BCUT2D eigenvalue weighted by Gasteiger charge is -2.17. The van der Waals surface area contributed by atoms with Crippen LogP contribution in [-0.4, -0.2) is 21.7 Å². The molecule has 7 heteroatoms. The number of benzene rings is 2. The molecule has 5 nitrogen and oxygen atoms in total. The molecule has 32 heavy (non-hydrogen) atoms. The molecule has 3 heterocycles. The third kappa shape index (κ3) is 4.26. The molecule has 160 valence electrons. The van der Waals surface area contributed by atoms with E-state index in [0.29, 0.717) is 17.8 Å². The van der Waals surface area contributed by atoms with Crippen LogP contribution < -0.4 is 4.90 Å². The van der Waals surface area contributed by atoms with Crippen LogP contribution in [0.4, 0.5) is 5.69 Å². The highest BCUT2D eigenvalue weighted by Crippen LogP contribution is 2.34. The SMILES string of the molecule is Cl.Cl.O=C1C(=O)N(Cc2ccc(-c3cccnc3)cc2)c2ccc(-c3cccnc3)cc21. The number of carbonyl (C=O) groups is 2. The Morgan fingerprint density at radius 3 is 1.88 bits per heavy atom. The van der Waals surface area contributed by atoms with Gasteiger partial charge in [0.2, 0.25) is 0 Å². The lowest BCUT2D eigenvalue weighted by Crippen LogP contribution is -2.29. The third-order valence-electron chi connectivity index (χ3n) is 5.26. The van der Waals surface area contributed by atoms with Gasteiger partial charge in [-0.15, -0.1) is 24.8 Å². The van der Waals surface area contributed by atoms with Gasteiger partial charge < -0.3 is 4.90 Å². The Balaban J connectivity index is 0.00000144. The van der Waals surface area contributed by atoms with Crippen molar-refractivity contribution < 1.29 is 9.59 Å². The summed E-state index contributed by atoms with van der Waals surface area (Å²) >= 11 is 0. The van der Waals surface area contributed by atoms with E-state index in [1.54, 1.807) is 29.6 Å². The van der Waals surface area contributed by atoms with E-state index in [9.17, 15) is 9.59 Å². The maximum Gasteiger partial charge on any atom is 0.299 e. The minimum absolute atomic E-state index is 0. The zero-order chi connectivity index (χ0) is 20.5. The van der Waals surface area contributed by atoms with Gasteiger partial charge in [-0.05, 0) is 46.5 Å². The van der Waals surface area contributed by atoms with Crippen LogP contribution in [0.2, 0.25) is 0 Å². The molecule has 0 aliphatic carbocycles. The first-order valence-corrected chi connectivity index (χ1v) is 9.61. The van der Waals surface area contributed by atoms with E-state index >= 15 is 0 Å². The predicted molar refractivity (Wildman–Crippen MR) is 129 cm³/mol. The standard InChI is InChI=1S/C25H17N3O2.2ClH/c29-24-22-13-19(21-4-2-12-27-15-21)9-10-23(22)28(25(24)30)16-17-5-7-18(8-6-17)20-3-1-11-26-14-20;;/h1-15H,16H2;2*1H. The number of nitrogens with zero attached hydrogens (tertiary/aromatic N) is 3. The van der Waals surface area contributed by atoms with E-state index in [-0.39, 0.29) is 24.8 Å². The number of fused-ring (bicyclic) bond motifs is 1. The quantitative estimate of drug-likeness (QED) is 0.381. The van der Waals surface area contributed by atoms with E-state index in [1.165, 1.54) is 0 Å². The molecule has 0 spiro atoms. The number of ketones is 1. The van der Waals surface area contributed by atoms with Crippen molar-refractivity contribution in [1.82, 2.24) is 9.97 Å². The highest BCUT2D eigenvalue weighted by Gasteiger charge is 2.35. The fourth-order valence-corrected chi connectivity index (χ4v) is 3.69. The van der Waals surface area contributed by atoms with Crippen LogP contribution in [0.15, 0.2) is 91.5 Å². The minimum Gasteiger partial charge on any atom is -0.300 e. The second-order valence-corrected chi connectivity index (χ2v) is 7.13. The number of carbonyl (C=O) groups excluding carboxylic acids is 2. The van der Waals surface area contributed by atoms with Gasteiger partial charge in [0.05, 0.1) is 17.8 Å². The average molecular weight is 464 g/mol. The summed E-state index contributed by atoms with van der Waals surface area (Å²) in [5.74, 6) is -0.965. The summed E-state index contributed by atoms with van der Waals surface area (Å²) in [6, 6.07) is 21.2. The number of Topliss-reactive ketones (excluding diaryl/α,β-unsaturated/α-hetero) is 1. The molecule has 0 radical (unpaired) electrons. The number of amides is 1. The Kier molecular flexibility index (Phi) is 7.03. The molecule has 0 saturated carbocycles. The van der Waals surface area contributed by atoms with E-state index in [4.69, 9.17) is 0 Å². The Bertz CT molecular complexity index is 1250. The molecule has 0 fully saturated rings. The maximum atomic E-state index is 12.7. The summed E-state index contributed by atoms with van der Waals surface area (Å²) in [5, 5.41) is 0. The average Bonchev–Trinajstić information content (AvgIpc) is 3.05. The lowest BCUT2D eigenvalue weighted by atomic mass is 10.0. The van der Waals surface area contributed by atoms with Crippen LogP contribution in [0.25, 0.3) is 22.3 Å². The van der Waals surface area contributed by atoms with E-state index < -0.39 is 11.7 Å². The summed E-state index contributed by atoms with van der Waals surface area (Å²) in [6.07, 6.45) is 7.00. The number of hydrogen-bond acceptors (Lipinski definition) is 4. The Hall–Kier alpha value is -3.54. The van der Waals surface area contributed by atoms with E-state index in [2.05, 4.69) is 9.97 Å². The Morgan fingerprint density at radius 2 is 1.28 bits per heavy atom. The van der Waals surface area contributed by atoms with Crippen LogP contribution in [-0.2, 0) is 11.3 Å². The monoisotopic (exact) mass is 463 g/mol. The van der Waals surface area contributed by atoms with Crippen molar-refractivity contribution in [3.63, 3.8) is 0 Å². The number of pyridine rings is 2. The van der Waals surface area contributed by atoms with Crippen LogP contribution in [0, 0.1) is 0 Å². The van der Waals surface area contributed by atoms with Gasteiger partial charge in [-0.25, -0.2) is 0 Å². The Labute approximate surface area is 198 Å². The summed E-state index contributed by atoms with van der Waals surface area (Å²) < 4.78 is 0.